The highest BCUT2D eigenvalue weighted by Crippen LogP contribution is 2.28. The summed E-state index contributed by atoms with van der Waals surface area (Å²) in [5, 5.41) is 13.7. The normalized spacial score (nSPS) is 9.64. The van der Waals surface area contributed by atoms with Gasteiger partial charge in [0.15, 0.2) is 5.76 Å². The average Bonchev–Trinajstić information content (AvgIpc) is 3.03. The highest BCUT2D eigenvalue weighted by atomic mass is 16.5. The number of nitrogens with zero attached hydrogens (tertiary/aromatic N) is 1. The van der Waals surface area contributed by atoms with Crippen molar-refractivity contribution in [2.24, 2.45) is 0 Å². The SMILES string of the molecule is COc1cc(NC(=O)CC#N)ccc1NC(=O)c1ccco1. The van der Waals surface area contributed by atoms with Crippen molar-refractivity contribution in [3.63, 3.8) is 0 Å². The quantitative estimate of drug-likeness (QED) is 0.882. The molecule has 0 aliphatic rings. The van der Waals surface area contributed by atoms with Crippen molar-refractivity contribution in [3.8, 4) is 11.8 Å². The molecular formula is C15H13N3O4. The van der Waals surface area contributed by atoms with Crippen LogP contribution in [-0.4, -0.2) is 18.9 Å². The van der Waals surface area contributed by atoms with Crippen LogP contribution in [0.15, 0.2) is 41.0 Å². The molecule has 0 spiro atoms. The fourth-order valence-corrected chi connectivity index (χ4v) is 1.74. The van der Waals surface area contributed by atoms with Gasteiger partial charge in [0.05, 0.1) is 25.1 Å². The summed E-state index contributed by atoms with van der Waals surface area (Å²) in [7, 11) is 1.44. The standard InChI is InChI=1S/C15H13N3O4/c1-21-13-9-10(17-14(19)6-7-16)4-5-11(13)18-15(20)12-3-2-8-22-12/h2-5,8-9H,6H2,1H3,(H,17,19)(H,18,20). The number of carbonyl (C=O) groups is 2. The Bertz CT molecular complexity index is 717. The fraction of sp³-hybridized carbons (Fsp3) is 0.133. The van der Waals surface area contributed by atoms with Gasteiger partial charge in [-0.3, -0.25) is 9.59 Å². The second-order valence-electron chi connectivity index (χ2n) is 4.23. The zero-order chi connectivity index (χ0) is 15.9. The molecule has 2 amide bonds. The van der Waals surface area contributed by atoms with Crippen LogP contribution in [0.25, 0.3) is 0 Å². The van der Waals surface area contributed by atoms with Crippen LogP contribution in [0.2, 0.25) is 0 Å². The van der Waals surface area contributed by atoms with Crippen molar-refractivity contribution in [2.45, 2.75) is 6.42 Å². The van der Waals surface area contributed by atoms with E-state index >= 15 is 0 Å². The van der Waals surface area contributed by atoms with Gasteiger partial charge in [-0.05, 0) is 24.3 Å². The number of amides is 2. The summed E-state index contributed by atoms with van der Waals surface area (Å²) in [5.74, 6) is -0.287. The monoisotopic (exact) mass is 299 g/mol. The topological polar surface area (TPSA) is 104 Å². The van der Waals surface area contributed by atoms with Gasteiger partial charge in [-0.1, -0.05) is 0 Å². The van der Waals surface area contributed by atoms with E-state index in [9.17, 15) is 9.59 Å². The van der Waals surface area contributed by atoms with Crippen LogP contribution in [0, 0.1) is 11.3 Å². The van der Waals surface area contributed by atoms with Crippen molar-refractivity contribution >= 4 is 23.2 Å². The van der Waals surface area contributed by atoms with E-state index < -0.39 is 11.8 Å². The Balaban J connectivity index is 2.14. The molecule has 22 heavy (non-hydrogen) atoms. The minimum atomic E-state index is -0.420. The van der Waals surface area contributed by atoms with Gasteiger partial charge >= 0.3 is 0 Å². The number of furan rings is 1. The minimum Gasteiger partial charge on any atom is -0.494 e. The van der Waals surface area contributed by atoms with Gasteiger partial charge in [0.25, 0.3) is 5.91 Å². The molecule has 7 nitrogen and oxygen atoms in total. The van der Waals surface area contributed by atoms with Gasteiger partial charge < -0.3 is 19.8 Å². The molecule has 0 aliphatic carbocycles. The maximum atomic E-state index is 11.9. The molecule has 1 aromatic carbocycles. The Morgan fingerprint density at radius 1 is 1.32 bits per heavy atom. The number of hydrogen-bond donors (Lipinski definition) is 2. The number of nitrogens with one attached hydrogen (secondary N) is 2. The zero-order valence-electron chi connectivity index (χ0n) is 11.8. The summed E-state index contributed by atoms with van der Waals surface area (Å²) >= 11 is 0. The fourth-order valence-electron chi connectivity index (χ4n) is 1.74. The van der Waals surface area contributed by atoms with Crippen LogP contribution >= 0.6 is 0 Å². The number of hydrogen-bond acceptors (Lipinski definition) is 5. The Labute approximate surface area is 126 Å². The summed E-state index contributed by atoms with van der Waals surface area (Å²) < 4.78 is 10.2. The lowest BCUT2D eigenvalue weighted by atomic mass is 10.2. The van der Waals surface area contributed by atoms with Crippen molar-refractivity contribution < 1.29 is 18.7 Å². The Hall–Kier alpha value is -3.27. The molecule has 0 bridgehead atoms. The third-order valence-electron chi connectivity index (χ3n) is 2.72. The number of rotatable bonds is 5. The maximum Gasteiger partial charge on any atom is 0.291 e. The molecule has 1 heterocycles. The van der Waals surface area contributed by atoms with Crippen molar-refractivity contribution in [3.05, 3.63) is 42.4 Å². The van der Waals surface area contributed by atoms with Gasteiger partial charge in [0, 0.05) is 11.8 Å². The van der Waals surface area contributed by atoms with Crippen LogP contribution in [-0.2, 0) is 4.79 Å². The summed E-state index contributed by atoms with van der Waals surface area (Å²) in [4.78, 5) is 23.3. The van der Waals surface area contributed by atoms with Gasteiger partial charge in [-0.25, -0.2) is 0 Å². The van der Waals surface area contributed by atoms with E-state index in [-0.39, 0.29) is 12.2 Å². The zero-order valence-corrected chi connectivity index (χ0v) is 11.8. The van der Waals surface area contributed by atoms with Gasteiger partial charge in [-0.15, -0.1) is 0 Å². The van der Waals surface area contributed by atoms with E-state index in [1.54, 1.807) is 30.3 Å². The summed E-state index contributed by atoms with van der Waals surface area (Å²) in [6.45, 7) is 0. The second kappa shape index (κ2) is 6.95. The van der Waals surface area contributed by atoms with Crippen LogP contribution in [0.1, 0.15) is 17.0 Å². The van der Waals surface area contributed by atoms with Crippen molar-refractivity contribution in [1.29, 1.82) is 5.26 Å². The van der Waals surface area contributed by atoms with Crippen molar-refractivity contribution in [1.82, 2.24) is 0 Å². The van der Waals surface area contributed by atoms with E-state index in [1.165, 1.54) is 19.4 Å². The van der Waals surface area contributed by atoms with Gasteiger partial charge in [0.1, 0.15) is 12.2 Å². The largest absolute Gasteiger partial charge is 0.494 e. The molecule has 112 valence electrons. The lowest BCUT2D eigenvalue weighted by Crippen LogP contribution is -2.13. The minimum absolute atomic E-state index is 0.174. The third kappa shape index (κ3) is 3.64. The Kier molecular flexibility index (Phi) is 4.78. The van der Waals surface area contributed by atoms with E-state index in [0.29, 0.717) is 17.1 Å². The van der Waals surface area contributed by atoms with Gasteiger partial charge in [-0.2, -0.15) is 5.26 Å². The van der Waals surface area contributed by atoms with Crippen LogP contribution in [0.5, 0.6) is 5.75 Å². The van der Waals surface area contributed by atoms with E-state index in [1.807, 2.05) is 0 Å². The van der Waals surface area contributed by atoms with E-state index in [0.717, 1.165) is 0 Å². The molecule has 0 unspecified atom stereocenters. The Morgan fingerprint density at radius 2 is 2.14 bits per heavy atom. The first-order valence-corrected chi connectivity index (χ1v) is 6.33. The number of anilines is 2. The van der Waals surface area contributed by atoms with Gasteiger partial charge in [0.2, 0.25) is 5.91 Å². The molecule has 0 saturated carbocycles. The molecule has 0 radical (unpaired) electrons. The summed E-state index contributed by atoms with van der Waals surface area (Å²) in [6.07, 6.45) is 1.17. The van der Waals surface area contributed by atoms with Crippen LogP contribution < -0.4 is 15.4 Å². The molecule has 1 aromatic heterocycles. The molecule has 2 rings (SSSR count). The van der Waals surface area contributed by atoms with Crippen molar-refractivity contribution in [2.75, 3.05) is 17.7 Å². The molecular weight excluding hydrogens is 286 g/mol. The second-order valence-corrected chi connectivity index (χ2v) is 4.23. The number of methoxy groups -OCH3 is 1. The first kappa shape index (κ1) is 15.1. The van der Waals surface area contributed by atoms with E-state index in [2.05, 4.69) is 10.6 Å². The molecule has 7 heteroatoms. The van der Waals surface area contributed by atoms with Crippen LogP contribution in [0.3, 0.4) is 0 Å². The third-order valence-corrected chi connectivity index (χ3v) is 2.72. The predicted molar refractivity (Wildman–Crippen MR) is 78.5 cm³/mol. The first-order chi connectivity index (χ1) is 10.6. The molecule has 0 saturated heterocycles. The number of benzene rings is 1. The van der Waals surface area contributed by atoms with Crippen LogP contribution in [0.4, 0.5) is 11.4 Å². The molecule has 0 atom stereocenters. The molecule has 2 aromatic rings. The smallest absolute Gasteiger partial charge is 0.291 e. The molecule has 2 N–H and O–H groups in total. The Morgan fingerprint density at radius 3 is 2.77 bits per heavy atom. The predicted octanol–water partition coefficient (Wildman–Crippen LogP) is 2.39. The highest BCUT2D eigenvalue weighted by Gasteiger charge is 2.13. The first-order valence-electron chi connectivity index (χ1n) is 6.33. The average molecular weight is 299 g/mol. The number of carbonyl (C=O) groups excluding carboxylic acids is 2. The highest BCUT2D eigenvalue weighted by molar-refractivity contribution is 6.03. The molecule has 0 fully saturated rings. The molecule has 0 aliphatic heterocycles. The summed E-state index contributed by atoms with van der Waals surface area (Å²) in [6, 6.07) is 9.64. The summed E-state index contributed by atoms with van der Waals surface area (Å²) in [5.41, 5.74) is 0.898. The van der Waals surface area contributed by atoms with E-state index in [4.69, 9.17) is 14.4 Å². The lowest BCUT2D eigenvalue weighted by molar-refractivity contribution is -0.115. The lowest BCUT2D eigenvalue weighted by Gasteiger charge is -2.11. The number of ether oxygens (including phenoxy) is 1. The maximum absolute atomic E-state index is 11.9. The number of nitriles is 1.